The fourth-order valence-electron chi connectivity index (χ4n) is 2.32. The average molecular weight is 385 g/mol. The van der Waals surface area contributed by atoms with E-state index < -0.39 is 17.1 Å². The van der Waals surface area contributed by atoms with Gasteiger partial charge in [-0.15, -0.1) is 0 Å². The van der Waals surface area contributed by atoms with Crippen molar-refractivity contribution < 1.29 is 28.6 Å². The van der Waals surface area contributed by atoms with Crippen molar-refractivity contribution in [3.63, 3.8) is 0 Å². The molecular weight excluding hydrogens is 370 g/mol. The zero-order chi connectivity index (χ0) is 19.4. The lowest BCUT2D eigenvalue weighted by atomic mass is 10.1. The fourth-order valence-corrected chi connectivity index (χ4v) is 3.00. The van der Waals surface area contributed by atoms with Crippen molar-refractivity contribution in [2.45, 2.75) is 0 Å². The number of carbonyl (C=O) groups is 3. The molecule has 2 aromatic carbocycles. The van der Waals surface area contributed by atoms with Gasteiger partial charge in [0.15, 0.2) is 11.5 Å². The minimum Gasteiger partial charge on any atom is -0.497 e. The number of esters is 1. The molecule has 1 aliphatic rings. The Labute approximate surface area is 159 Å². The number of thioether (sulfide) groups is 1. The van der Waals surface area contributed by atoms with Gasteiger partial charge < -0.3 is 14.2 Å². The van der Waals surface area contributed by atoms with Crippen LogP contribution in [0.4, 0.5) is 4.79 Å². The number of methoxy groups -OCH3 is 2. The molecule has 2 aromatic rings. The van der Waals surface area contributed by atoms with E-state index in [0.29, 0.717) is 22.6 Å². The number of nitrogens with one attached hydrogen (secondary N) is 1. The monoisotopic (exact) mass is 385 g/mol. The SMILES string of the molecule is COc1ccc(C(=O)Oc2cc(/C=C3\SC(=O)NC3=O)ccc2OC)cc1. The minimum atomic E-state index is -0.566. The van der Waals surface area contributed by atoms with Gasteiger partial charge in [0.25, 0.3) is 11.1 Å². The van der Waals surface area contributed by atoms with E-state index in [1.165, 1.54) is 20.3 Å². The summed E-state index contributed by atoms with van der Waals surface area (Å²) >= 11 is 0.809. The molecule has 1 N–H and O–H groups in total. The van der Waals surface area contributed by atoms with E-state index in [1.54, 1.807) is 42.5 Å². The molecule has 138 valence electrons. The van der Waals surface area contributed by atoms with Gasteiger partial charge in [0.2, 0.25) is 0 Å². The van der Waals surface area contributed by atoms with Gasteiger partial charge in [0.1, 0.15) is 5.75 Å². The summed E-state index contributed by atoms with van der Waals surface area (Å²) in [6, 6.07) is 11.3. The molecule has 7 nitrogen and oxygen atoms in total. The number of amides is 2. The lowest BCUT2D eigenvalue weighted by molar-refractivity contribution is -0.115. The summed E-state index contributed by atoms with van der Waals surface area (Å²) in [4.78, 5) is 35.6. The fraction of sp³-hybridized carbons (Fsp3) is 0.105. The molecule has 0 aromatic heterocycles. The zero-order valence-corrected chi connectivity index (χ0v) is 15.3. The van der Waals surface area contributed by atoms with Crippen molar-refractivity contribution in [1.29, 1.82) is 0 Å². The lowest BCUT2D eigenvalue weighted by Crippen LogP contribution is -2.17. The van der Waals surface area contributed by atoms with Crippen LogP contribution in [0.3, 0.4) is 0 Å². The summed E-state index contributed by atoms with van der Waals surface area (Å²) in [6.07, 6.45) is 1.54. The van der Waals surface area contributed by atoms with Crippen LogP contribution >= 0.6 is 11.8 Å². The first-order chi connectivity index (χ1) is 13.0. The van der Waals surface area contributed by atoms with Crippen LogP contribution < -0.4 is 19.5 Å². The maximum absolute atomic E-state index is 12.4. The quantitative estimate of drug-likeness (QED) is 0.480. The molecule has 0 saturated carbocycles. The first-order valence-corrected chi connectivity index (χ1v) is 8.61. The molecule has 8 heteroatoms. The maximum Gasteiger partial charge on any atom is 0.343 e. The van der Waals surface area contributed by atoms with Crippen LogP contribution in [0.2, 0.25) is 0 Å². The molecular formula is C19H15NO6S. The lowest BCUT2D eigenvalue weighted by Gasteiger charge is -2.10. The van der Waals surface area contributed by atoms with Crippen molar-refractivity contribution in [3.8, 4) is 17.2 Å². The Morgan fingerprint density at radius 1 is 1.00 bits per heavy atom. The highest BCUT2D eigenvalue weighted by Gasteiger charge is 2.25. The summed E-state index contributed by atoms with van der Waals surface area (Å²) < 4.78 is 15.7. The molecule has 1 heterocycles. The van der Waals surface area contributed by atoms with Crippen LogP contribution in [0, 0.1) is 0 Å². The van der Waals surface area contributed by atoms with Crippen molar-refractivity contribution in [1.82, 2.24) is 5.32 Å². The molecule has 0 atom stereocenters. The van der Waals surface area contributed by atoms with Crippen LogP contribution in [0.15, 0.2) is 47.4 Å². The van der Waals surface area contributed by atoms with Gasteiger partial charge in [-0.25, -0.2) is 4.79 Å². The number of benzene rings is 2. The highest BCUT2D eigenvalue weighted by atomic mass is 32.2. The van der Waals surface area contributed by atoms with E-state index in [4.69, 9.17) is 14.2 Å². The second-order valence-electron chi connectivity index (χ2n) is 5.38. The van der Waals surface area contributed by atoms with Gasteiger partial charge in [-0.3, -0.25) is 14.9 Å². The third-order valence-electron chi connectivity index (χ3n) is 3.66. The van der Waals surface area contributed by atoms with Crippen molar-refractivity contribution >= 4 is 35.0 Å². The van der Waals surface area contributed by atoms with Gasteiger partial charge >= 0.3 is 5.97 Å². The van der Waals surface area contributed by atoms with E-state index in [9.17, 15) is 14.4 Å². The smallest absolute Gasteiger partial charge is 0.343 e. The van der Waals surface area contributed by atoms with E-state index in [0.717, 1.165) is 11.8 Å². The number of hydrogen-bond donors (Lipinski definition) is 1. The second kappa shape index (κ2) is 7.96. The number of hydrogen-bond acceptors (Lipinski definition) is 7. The Morgan fingerprint density at radius 2 is 1.74 bits per heavy atom. The molecule has 2 amide bonds. The highest BCUT2D eigenvalue weighted by Crippen LogP contribution is 2.32. The normalized spacial score (nSPS) is 14.8. The topological polar surface area (TPSA) is 90.9 Å². The molecule has 0 radical (unpaired) electrons. The Bertz CT molecular complexity index is 936. The third kappa shape index (κ3) is 4.29. The number of imide groups is 1. The minimum absolute atomic E-state index is 0.197. The molecule has 1 aliphatic heterocycles. The molecule has 0 bridgehead atoms. The van der Waals surface area contributed by atoms with E-state index in [1.807, 2.05) is 0 Å². The molecule has 0 spiro atoms. The molecule has 1 saturated heterocycles. The van der Waals surface area contributed by atoms with Crippen LogP contribution in [-0.4, -0.2) is 31.3 Å². The number of carbonyl (C=O) groups excluding carboxylic acids is 3. The van der Waals surface area contributed by atoms with Crippen LogP contribution in [-0.2, 0) is 4.79 Å². The molecule has 27 heavy (non-hydrogen) atoms. The summed E-state index contributed by atoms with van der Waals surface area (Å²) in [5, 5.41) is 1.76. The maximum atomic E-state index is 12.4. The van der Waals surface area contributed by atoms with E-state index in [2.05, 4.69) is 5.32 Å². The summed E-state index contributed by atoms with van der Waals surface area (Å²) in [7, 11) is 2.99. The van der Waals surface area contributed by atoms with E-state index >= 15 is 0 Å². The van der Waals surface area contributed by atoms with E-state index in [-0.39, 0.29) is 10.7 Å². The molecule has 0 unspecified atom stereocenters. The largest absolute Gasteiger partial charge is 0.497 e. The van der Waals surface area contributed by atoms with Crippen molar-refractivity contribution in [2.75, 3.05) is 14.2 Å². The van der Waals surface area contributed by atoms with Gasteiger partial charge in [-0.05, 0) is 59.8 Å². The van der Waals surface area contributed by atoms with Gasteiger partial charge in [-0.1, -0.05) is 6.07 Å². The van der Waals surface area contributed by atoms with Crippen LogP contribution in [0.5, 0.6) is 17.2 Å². The highest BCUT2D eigenvalue weighted by molar-refractivity contribution is 8.18. The first-order valence-electron chi connectivity index (χ1n) is 7.79. The van der Waals surface area contributed by atoms with Gasteiger partial charge in [0.05, 0.1) is 24.7 Å². The standard InChI is InChI=1S/C19H15NO6S/c1-24-13-6-4-12(5-7-13)18(22)26-15-9-11(3-8-14(15)25-2)10-16-17(21)20-19(23)27-16/h3-10H,1-2H3,(H,20,21,23)/b16-10-. The van der Waals surface area contributed by atoms with Crippen LogP contribution in [0.25, 0.3) is 6.08 Å². The Hall–Kier alpha value is -3.26. The molecule has 0 aliphatic carbocycles. The summed E-state index contributed by atoms with van der Waals surface area (Å²) in [6.45, 7) is 0. The van der Waals surface area contributed by atoms with Crippen LogP contribution in [0.1, 0.15) is 15.9 Å². The van der Waals surface area contributed by atoms with Crippen molar-refractivity contribution in [2.24, 2.45) is 0 Å². The van der Waals surface area contributed by atoms with Crippen molar-refractivity contribution in [3.05, 3.63) is 58.5 Å². The molecule has 1 fully saturated rings. The average Bonchev–Trinajstić information content (AvgIpc) is 2.99. The predicted octanol–water partition coefficient (Wildman–Crippen LogP) is 3.25. The van der Waals surface area contributed by atoms with Gasteiger partial charge in [0, 0.05) is 0 Å². The predicted molar refractivity (Wildman–Crippen MR) is 100 cm³/mol. The zero-order valence-electron chi connectivity index (χ0n) is 14.5. The van der Waals surface area contributed by atoms with Gasteiger partial charge in [-0.2, -0.15) is 0 Å². The Balaban J connectivity index is 1.85. The summed E-state index contributed by atoms with van der Waals surface area (Å²) in [5.74, 6) is 0.155. The number of rotatable bonds is 5. The Kier molecular flexibility index (Phi) is 5.46. The first kappa shape index (κ1) is 18.5. The Morgan fingerprint density at radius 3 is 2.33 bits per heavy atom. The summed E-state index contributed by atoms with van der Waals surface area (Å²) in [5.41, 5.74) is 0.929. The molecule has 3 rings (SSSR count). The number of ether oxygens (including phenoxy) is 3. The second-order valence-corrected chi connectivity index (χ2v) is 6.40. The third-order valence-corrected chi connectivity index (χ3v) is 4.47.